The Morgan fingerprint density at radius 1 is 0.733 bits per heavy atom. The minimum atomic E-state index is 0. The summed E-state index contributed by atoms with van der Waals surface area (Å²) < 4.78 is 0. The zero-order valence-corrected chi connectivity index (χ0v) is 8.54. The van der Waals surface area contributed by atoms with Gasteiger partial charge in [0.15, 0.2) is 0 Å². The highest BCUT2D eigenvalue weighted by atomic mass is 14.0. The minimum absolute atomic E-state index is 0. The second kappa shape index (κ2) is 8.05. The maximum absolute atomic E-state index is 2.16. The number of hydrogen-bond donors (Lipinski definition) is 0. The first-order chi connectivity index (χ1) is 6.38. The number of hydrogen-bond acceptors (Lipinski definition) is 0. The van der Waals surface area contributed by atoms with Crippen LogP contribution in [0.2, 0.25) is 0 Å². The quantitative estimate of drug-likeness (QED) is 0.535. The predicted molar refractivity (Wildman–Crippen MR) is 73.5 cm³/mol. The fourth-order valence-corrected chi connectivity index (χ4v) is 1.39. The summed E-state index contributed by atoms with van der Waals surface area (Å²) in [5, 5.41) is 2.68. The number of rotatable bonds is 0. The van der Waals surface area contributed by atoms with E-state index in [1.807, 2.05) is 13.8 Å². The Morgan fingerprint density at radius 3 is 1.87 bits per heavy atom. The Labute approximate surface area is 95.0 Å². The molecule has 0 atom stereocenters. The van der Waals surface area contributed by atoms with E-state index in [2.05, 4.69) is 49.4 Å². The molecule has 0 N–H and O–H groups in total. The molecule has 0 radical (unpaired) electrons. The van der Waals surface area contributed by atoms with Gasteiger partial charge in [0.1, 0.15) is 0 Å². The first-order valence-electron chi connectivity index (χ1n) is 4.82. The first-order valence-corrected chi connectivity index (χ1v) is 4.82. The maximum Gasteiger partial charge on any atom is -0.0155 e. The first kappa shape index (κ1) is 16.1. The van der Waals surface area contributed by atoms with Crippen LogP contribution in [0, 0.1) is 6.92 Å². The SMILES string of the molecule is C.C.CC.Cc1cccc2ccccc12. The van der Waals surface area contributed by atoms with Crippen molar-refractivity contribution < 1.29 is 0 Å². The van der Waals surface area contributed by atoms with E-state index in [0.29, 0.717) is 0 Å². The molecule has 0 aliphatic carbocycles. The summed E-state index contributed by atoms with van der Waals surface area (Å²) >= 11 is 0. The molecule has 0 aliphatic heterocycles. The van der Waals surface area contributed by atoms with Gasteiger partial charge in [0.2, 0.25) is 0 Å². The summed E-state index contributed by atoms with van der Waals surface area (Å²) in [6, 6.07) is 14.8. The molecule has 0 saturated heterocycles. The van der Waals surface area contributed by atoms with Crippen LogP contribution in [-0.4, -0.2) is 0 Å². The van der Waals surface area contributed by atoms with Gasteiger partial charge in [0.05, 0.1) is 0 Å². The molecule has 2 rings (SSSR count). The molecule has 0 aliphatic rings. The number of fused-ring (bicyclic) bond motifs is 1. The van der Waals surface area contributed by atoms with Gasteiger partial charge in [-0.2, -0.15) is 0 Å². The van der Waals surface area contributed by atoms with E-state index < -0.39 is 0 Å². The van der Waals surface area contributed by atoms with Gasteiger partial charge in [0, 0.05) is 0 Å². The van der Waals surface area contributed by atoms with Crippen molar-refractivity contribution in [3.63, 3.8) is 0 Å². The zero-order valence-electron chi connectivity index (χ0n) is 8.54. The highest BCUT2D eigenvalue weighted by molar-refractivity contribution is 5.85. The molecule has 0 heteroatoms. The summed E-state index contributed by atoms with van der Waals surface area (Å²) in [6.45, 7) is 6.14. The van der Waals surface area contributed by atoms with E-state index >= 15 is 0 Å². The Bertz CT molecular complexity index is 369. The maximum atomic E-state index is 2.16. The van der Waals surface area contributed by atoms with Gasteiger partial charge in [-0.3, -0.25) is 0 Å². The summed E-state index contributed by atoms with van der Waals surface area (Å²) in [5.74, 6) is 0. The topological polar surface area (TPSA) is 0 Å². The number of benzene rings is 2. The molecule has 0 heterocycles. The van der Waals surface area contributed by atoms with Crippen LogP contribution in [0.5, 0.6) is 0 Å². The lowest BCUT2D eigenvalue weighted by Gasteiger charge is -1.98. The van der Waals surface area contributed by atoms with Crippen LogP contribution in [0.25, 0.3) is 10.8 Å². The van der Waals surface area contributed by atoms with Crippen molar-refractivity contribution in [2.75, 3.05) is 0 Å². The van der Waals surface area contributed by atoms with Crippen molar-refractivity contribution in [1.29, 1.82) is 0 Å². The Balaban J connectivity index is 0. The third-order valence-corrected chi connectivity index (χ3v) is 2.01. The van der Waals surface area contributed by atoms with Gasteiger partial charge in [-0.1, -0.05) is 71.2 Å². The Kier molecular flexibility index (Phi) is 8.66. The lowest BCUT2D eigenvalue weighted by atomic mass is 10.1. The highest BCUT2D eigenvalue weighted by Crippen LogP contribution is 2.16. The van der Waals surface area contributed by atoms with Crippen molar-refractivity contribution in [2.24, 2.45) is 0 Å². The van der Waals surface area contributed by atoms with E-state index in [4.69, 9.17) is 0 Å². The van der Waals surface area contributed by atoms with Gasteiger partial charge >= 0.3 is 0 Å². The molecular formula is C15H24. The fourth-order valence-electron chi connectivity index (χ4n) is 1.39. The molecular weight excluding hydrogens is 180 g/mol. The van der Waals surface area contributed by atoms with Gasteiger partial charge < -0.3 is 0 Å². The van der Waals surface area contributed by atoms with E-state index in [1.54, 1.807) is 0 Å². The van der Waals surface area contributed by atoms with Crippen molar-refractivity contribution in [2.45, 2.75) is 35.6 Å². The van der Waals surface area contributed by atoms with Crippen LogP contribution >= 0.6 is 0 Å². The summed E-state index contributed by atoms with van der Waals surface area (Å²) in [4.78, 5) is 0. The summed E-state index contributed by atoms with van der Waals surface area (Å²) in [6.07, 6.45) is 0. The van der Waals surface area contributed by atoms with Crippen molar-refractivity contribution in [1.82, 2.24) is 0 Å². The molecule has 0 bridgehead atoms. The second-order valence-corrected chi connectivity index (χ2v) is 2.80. The molecule has 84 valence electrons. The third kappa shape index (κ3) is 3.75. The predicted octanol–water partition coefficient (Wildman–Crippen LogP) is 5.45. The van der Waals surface area contributed by atoms with E-state index in [0.717, 1.165) is 0 Å². The lowest BCUT2D eigenvalue weighted by Crippen LogP contribution is -1.75. The summed E-state index contributed by atoms with van der Waals surface area (Å²) in [7, 11) is 0. The average Bonchev–Trinajstić information content (AvgIpc) is 2.22. The van der Waals surface area contributed by atoms with Crippen LogP contribution in [0.1, 0.15) is 34.3 Å². The van der Waals surface area contributed by atoms with E-state index in [-0.39, 0.29) is 14.9 Å². The lowest BCUT2D eigenvalue weighted by molar-refractivity contribution is 1.50. The van der Waals surface area contributed by atoms with Crippen molar-refractivity contribution >= 4 is 10.8 Å². The molecule has 0 amide bonds. The number of aryl methyl sites for hydroxylation is 1. The largest absolute Gasteiger partial charge is 0.0776 e. The van der Waals surface area contributed by atoms with Crippen molar-refractivity contribution in [3.8, 4) is 0 Å². The molecule has 2 aromatic carbocycles. The van der Waals surface area contributed by atoms with Gasteiger partial charge in [0.25, 0.3) is 0 Å². The van der Waals surface area contributed by atoms with Crippen LogP contribution < -0.4 is 0 Å². The van der Waals surface area contributed by atoms with Gasteiger partial charge in [-0.15, -0.1) is 0 Å². The Morgan fingerprint density at radius 2 is 1.27 bits per heavy atom. The molecule has 0 nitrogen and oxygen atoms in total. The second-order valence-electron chi connectivity index (χ2n) is 2.80. The van der Waals surface area contributed by atoms with Crippen LogP contribution in [0.3, 0.4) is 0 Å². The summed E-state index contributed by atoms with van der Waals surface area (Å²) in [5.41, 5.74) is 1.35. The van der Waals surface area contributed by atoms with E-state index in [1.165, 1.54) is 16.3 Å². The van der Waals surface area contributed by atoms with Crippen LogP contribution in [-0.2, 0) is 0 Å². The molecule has 2 aromatic rings. The molecule has 0 aromatic heterocycles. The highest BCUT2D eigenvalue weighted by Gasteiger charge is 1.91. The third-order valence-electron chi connectivity index (χ3n) is 2.01. The Hall–Kier alpha value is -1.30. The molecule has 0 unspecified atom stereocenters. The smallest absolute Gasteiger partial charge is 0.0155 e. The molecule has 0 fully saturated rings. The fraction of sp³-hybridized carbons (Fsp3) is 0.333. The molecule has 0 saturated carbocycles. The minimum Gasteiger partial charge on any atom is -0.0776 e. The monoisotopic (exact) mass is 204 g/mol. The van der Waals surface area contributed by atoms with E-state index in [9.17, 15) is 0 Å². The molecule has 0 spiro atoms. The standard InChI is InChI=1S/C11H10.C2H6.2CH4/c1-9-5-4-7-10-6-2-3-8-11(9)10;1-2;;/h2-8H,1H3;1-2H3;2*1H4. The van der Waals surface area contributed by atoms with Gasteiger partial charge in [-0.25, -0.2) is 0 Å². The zero-order chi connectivity index (χ0) is 9.68. The van der Waals surface area contributed by atoms with Crippen LogP contribution in [0.15, 0.2) is 42.5 Å². The van der Waals surface area contributed by atoms with Crippen LogP contribution in [0.4, 0.5) is 0 Å². The molecule has 15 heavy (non-hydrogen) atoms. The average molecular weight is 204 g/mol. The van der Waals surface area contributed by atoms with Crippen molar-refractivity contribution in [3.05, 3.63) is 48.0 Å². The van der Waals surface area contributed by atoms with Gasteiger partial charge in [-0.05, 0) is 23.3 Å². The normalized spacial score (nSPS) is 7.93.